The molecule has 0 fully saturated rings. The zero-order chi connectivity index (χ0) is 29.1. The van der Waals surface area contributed by atoms with Crippen molar-refractivity contribution in [3.63, 3.8) is 0 Å². The Bertz CT molecular complexity index is 1670. The van der Waals surface area contributed by atoms with Gasteiger partial charge in [-0.2, -0.15) is 13.2 Å². The molecule has 4 aromatic rings. The van der Waals surface area contributed by atoms with E-state index in [1.54, 1.807) is 18.2 Å². The van der Waals surface area contributed by atoms with Crippen molar-refractivity contribution in [3.8, 4) is 11.5 Å². The molecule has 15 heteroatoms. The van der Waals surface area contributed by atoms with Crippen LogP contribution < -0.4 is 9.47 Å². The molecule has 0 aliphatic rings. The van der Waals surface area contributed by atoms with Gasteiger partial charge in [0.25, 0.3) is 10.0 Å². The summed E-state index contributed by atoms with van der Waals surface area (Å²) < 4.78 is 94.4. The molecule has 2 aromatic heterocycles. The van der Waals surface area contributed by atoms with E-state index in [0.29, 0.717) is 0 Å². The second-order valence-corrected chi connectivity index (χ2v) is 11.4. The van der Waals surface area contributed by atoms with E-state index in [4.69, 9.17) is 9.47 Å². The lowest BCUT2D eigenvalue weighted by atomic mass is 10.2. The highest BCUT2D eigenvalue weighted by atomic mass is 32.2. The third kappa shape index (κ3) is 6.42. The van der Waals surface area contributed by atoms with E-state index in [9.17, 15) is 30.6 Å². The molecule has 10 nitrogen and oxygen atoms in total. The first kappa shape index (κ1) is 29.0. The summed E-state index contributed by atoms with van der Waals surface area (Å²) in [4.78, 5) is 19.5. The normalized spacial score (nSPS) is 12.7. The van der Waals surface area contributed by atoms with Crippen molar-refractivity contribution in [1.29, 1.82) is 0 Å². The average Bonchev–Trinajstić information content (AvgIpc) is 3.33. The smallest absolute Gasteiger partial charge is 0.422 e. The first-order valence-electron chi connectivity index (χ1n) is 11.5. The van der Waals surface area contributed by atoms with E-state index in [1.165, 1.54) is 56.6 Å². The van der Waals surface area contributed by atoms with Crippen LogP contribution in [0.5, 0.6) is 11.5 Å². The number of hydrogen-bond acceptors (Lipinski definition) is 9. The molecule has 40 heavy (non-hydrogen) atoms. The van der Waals surface area contributed by atoms with E-state index in [1.807, 2.05) is 0 Å². The fourth-order valence-corrected chi connectivity index (χ4v) is 6.63. The standard InChI is InChI=1S/C25H22F3N3O7S2/c1-16-20(29-12-11-22(16)38-15-25(26,27)28)14-39(33)24-30-19-5-3-4-6-21(19)31(24)40(34,35)18-9-7-17(8-10-18)37-13-23(32)36-2/h3-12H,13-15H2,1-2H3. The third-order valence-corrected chi connectivity index (χ3v) is 8.61. The van der Waals surface area contributed by atoms with Crippen LogP contribution in [0.4, 0.5) is 13.2 Å². The molecule has 0 aliphatic heterocycles. The molecule has 0 aliphatic carbocycles. The largest absolute Gasteiger partial charge is 0.484 e. The van der Waals surface area contributed by atoms with Crippen LogP contribution in [0.15, 0.2) is 70.8 Å². The molecule has 0 spiro atoms. The number of benzene rings is 2. The second kappa shape index (κ2) is 11.6. The summed E-state index contributed by atoms with van der Waals surface area (Å²) in [7, 11) is -5.24. The third-order valence-electron chi connectivity index (χ3n) is 5.56. The zero-order valence-electron chi connectivity index (χ0n) is 21.0. The molecular formula is C25H22F3N3O7S2. The highest BCUT2D eigenvalue weighted by Crippen LogP contribution is 2.29. The predicted octanol–water partition coefficient (Wildman–Crippen LogP) is 3.78. The predicted molar refractivity (Wildman–Crippen MR) is 137 cm³/mol. The molecule has 0 saturated heterocycles. The van der Waals surface area contributed by atoms with Gasteiger partial charge >= 0.3 is 12.1 Å². The van der Waals surface area contributed by atoms with Crippen LogP contribution in [0.3, 0.4) is 0 Å². The Morgan fingerprint density at radius 2 is 1.75 bits per heavy atom. The summed E-state index contributed by atoms with van der Waals surface area (Å²) in [6, 6.07) is 12.8. The monoisotopic (exact) mass is 597 g/mol. The van der Waals surface area contributed by atoms with Gasteiger partial charge in [-0.3, -0.25) is 9.19 Å². The van der Waals surface area contributed by atoms with Gasteiger partial charge in [-0.15, -0.1) is 0 Å². The Balaban J connectivity index is 1.68. The van der Waals surface area contributed by atoms with Gasteiger partial charge in [-0.05, 0) is 49.4 Å². The second-order valence-electron chi connectivity index (χ2n) is 8.26. The van der Waals surface area contributed by atoms with Crippen molar-refractivity contribution in [2.24, 2.45) is 0 Å². The number of hydrogen-bond donors (Lipinski definition) is 0. The van der Waals surface area contributed by atoms with Crippen LogP contribution in [0, 0.1) is 6.92 Å². The van der Waals surface area contributed by atoms with Crippen molar-refractivity contribution < 1.29 is 44.8 Å². The molecule has 1 atom stereocenters. The number of esters is 1. The number of pyridine rings is 1. The van der Waals surface area contributed by atoms with Crippen LogP contribution in [0.2, 0.25) is 0 Å². The number of nitrogens with zero attached hydrogens (tertiary/aromatic N) is 3. The topological polar surface area (TPSA) is 127 Å². The molecule has 0 bridgehead atoms. The van der Waals surface area contributed by atoms with E-state index in [-0.39, 0.29) is 56.2 Å². The molecule has 2 aromatic carbocycles. The van der Waals surface area contributed by atoms with Crippen molar-refractivity contribution >= 4 is 37.8 Å². The average molecular weight is 598 g/mol. The number of carbonyl (C=O) groups is 1. The molecular weight excluding hydrogens is 575 g/mol. The summed E-state index contributed by atoms with van der Waals surface area (Å²) in [5, 5.41) is -0.296. The number of methoxy groups -OCH3 is 1. The number of alkyl halides is 3. The lowest BCUT2D eigenvalue weighted by Crippen LogP contribution is -2.20. The maximum absolute atomic E-state index is 13.7. The maximum atomic E-state index is 13.7. The van der Waals surface area contributed by atoms with Gasteiger partial charge in [0.2, 0.25) is 5.16 Å². The first-order valence-corrected chi connectivity index (χ1v) is 14.2. The van der Waals surface area contributed by atoms with E-state index >= 15 is 0 Å². The molecule has 0 amide bonds. The van der Waals surface area contributed by atoms with Crippen LogP contribution in [0.1, 0.15) is 11.3 Å². The van der Waals surface area contributed by atoms with Gasteiger partial charge in [0.15, 0.2) is 13.2 Å². The number of carbonyl (C=O) groups excluding carboxylic acids is 1. The van der Waals surface area contributed by atoms with Crippen molar-refractivity contribution in [2.45, 2.75) is 28.9 Å². The van der Waals surface area contributed by atoms with E-state index in [2.05, 4.69) is 14.7 Å². The highest BCUT2D eigenvalue weighted by molar-refractivity contribution is 7.91. The summed E-state index contributed by atoms with van der Waals surface area (Å²) in [6.07, 6.45) is -3.33. The molecule has 4 rings (SSSR count). The number of ether oxygens (including phenoxy) is 3. The Labute approximate surface area is 229 Å². The van der Waals surface area contributed by atoms with Crippen molar-refractivity contribution in [2.75, 3.05) is 20.3 Å². The van der Waals surface area contributed by atoms with E-state index < -0.39 is 39.6 Å². The molecule has 0 saturated carbocycles. The summed E-state index contributed by atoms with van der Waals surface area (Å²) in [5.41, 5.74) is 0.817. The van der Waals surface area contributed by atoms with Gasteiger partial charge in [0, 0.05) is 11.8 Å². The quantitative estimate of drug-likeness (QED) is 0.251. The summed E-state index contributed by atoms with van der Waals surface area (Å²) >= 11 is 0. The summed E-state index contributed by atoms with van der Waals surface area (Å²) in [5.74, 6) is -0.822. The highest BCUT2D eigenvalue weighted by Gasteiger charge is 2.30. The summed E-state index contributed by atoms with van der Waals surface area (Å²) in [6.45, 7) is -0.413. The molecule has 2 heterocycles. The Morgan fingerprint density at radius 1 is 1.05 bits per heavy atom. The number of halogens is 3. The van der Waals surface area contributed by atoms with Crippen LogP contribution in [-0.2, 0) is 36.1 Å². The van der Waals surface area contributed by atoms with Gasteiger partial charge in [0.1, 0.15) is 11.5 Å². The number of fused-ring (bicyclic) bond motifs is 1. The number of imidazole rings is 1. The molecule has 0 radical (unpaired) electrons. The maximum Gasteiger partial charge on any atom is 0.422 e. The fourth-order valence-electron chi connectivity index (χ4n) is 3.58. The van der Waals surface area contributed by atoms with Gasteiger partial charge in [-0.25, -0.2) is 22.2 Å². The number of aromatic nitrogens is 3. The van der Waals surface area contributed by atoms with Crippen molar-refractivity contribution in [1.82, 2.24) is 13.9 Å². The molecule has 212 valence electrons. The van der Waals surface area contributed by atoms with E-state index in [0.717, 1.165) is 3.97 Å². The Hall–Kier alpha value is -3.98. The number of para-hydroxylation sites is 2. The minimum absolute atomic E-state index is 0.0880. The van der Waals surface area contributed by atoms with Crippen LogP contribution >= 0.6 is 0 Å². The minimum Gasteiger partial charge on any atom is -0.484 e. The van der Waals surface area contributed by atoms with Gasteiger partial charge in [-0.1, -0.05) is 12.1 Å². The lowest BCUT2D eigenvalue weighted by molar-refractivity contribution is -0.153. The lowest BCUT2D eigenvalue weighted by Gasteiger charge is -2.14. The number of rotatable bonds is 10. The molecule has 0 N–H and O–H groups in total. The SMILES string of the molecule is COC(=O)COc1ccc(S(=O)(=O)n2c(S(=O)Cc3nccc(OCC(F)(F)F)c3C)nc3ccccc32)cc1. The van der Waals surface area contributed by atoms with Crippen LogP contribution in [-0.4, -0.2) is 59.0 Å². The molecule has 1 unspecified atom stereocenters. The minimum atomic E-state index is -4.55. The van der Waals surface area contributed by atoms with Crippen molar-refractivity contribution in [3.05, 3.63) is 72.1 Å². The fraction of sp³-hybridized carbons (Fsp3) is 0.240. The van der Waals surface area contributed by atoms with Gasteiger partial charge in [0.05, 0.1) is 45.3 Å². The Morgan fingerprint density at radius 3 is 2.42 bits per heavy atom. The van der Waals surface area contributed by atoms with Crippen LogP contribution in [0.25, 0.3) is 11.0 Å². The van der Waals surface area contributed by atoms with Gasteiger partial charge < -0.3 is 14.2 Å². The zero-order valence-corrected chi connectivity index (χ0v) is 22.7. The Kier molecular flexibility index (Phi) is 8.44. The first-order chi connectivity index (χ1) is 18.9.